The molecule has 1 rings (SSSR count). The third kappa shape index (κ3) is 4.73. The molecule has 0 saturated heterocycles. The van der Waals surface area contributed by atoms with Gasteiger partial charge in [-0.2, -0.15) is 0 Å². The Morgan fingerprint density at radius 3 is 2.82 bits per heavy atom. The van der Waals surface area contributed by atoms with Crippen molar-refractivity contribution < 1.29 is 9.90 Å². The molecule has 4 nitrogen and oxygen atoms in total. The van der Waals surface area contributed by atoms with E-state index in [-0.39, 0.29) is 6.42 Å². The van der Waals surface area contributed by atoms with Crippen LogP contribution in [0.15, 0.2) is 5.38 Å². The molecule has 0 unspecified atom stereocenters. The number of aliphatic carboxylic acids is 1. The molecule has 1 aromatic heterocycles. The van der Waals surface area contributed by atoms with E-state index in [0.717, 1.165) is 23.9 Å². The van der Waals surface area contributed by atoms with E-state index in [0.29, 0.717) is 12.3 Å². The minimum absolute atomic E-state index is 0.152. The molecule has 0 radical (unpaired) electrons. The highest BCUT2D eigenvalue weighted by atomic mass is 32.1. The summed E-state index contributed by atoms with van der Waals surface area (Å²) < 4.78 is 0. The van der Waals surface area contributed by atoms with Gasteiger partial charge in [-0.1, -0.05) is 13.8 Å². The fourth-order valence-electron chi connectivity index (χ4n) is 1.57. The third-order valence-corrected chi connectivity index (χ3v) is 3.32. The smallest absolute Gasteiger partial charge is 0.303 e. The Balaban J connectivity index is 2.61. The maximum atomic E-state index is 10.5. The molecule has 0 aromatic carbocycles. The lowest BCUT2D eigenvalue weighted by atomic mass is 10.2. The second-order valence-electron chi connectivity index (χ2n) is 4.45. The molecule has 0 spiro atoms. The number of carboxylic acids is 1. The lowest BCUT2D eigenvalue weighted by Gasteiger charge is -2.21. The quantitative estimate of drug-likeness (QED) is 0.815. The monoisotopic (exact) mass is 256 g/mol. The van der Waals surface area contributed by atoms with Gasteiger partial charge >= 0.3 is 5.97 Å². The van der Waals surface area contributed by atoms with Crippen molar-refractivity contribution in [2.75, 3.05) is 18.0 Å². The Morgan fingerprint density at radius 1 is 1.59 bits per heavy atom. The first-order valence-electron chi connectivity index (χ1n) is 5.94. The van der Waals surface area contributed by atoms with Crippen LogP contribution < -0.4 is 4.90 Å². The van der Waals surface area contributed by atoms with Gasteiger partial charge in [0.25, 0.3) is 0 Å². The van der Waals surface area contributed by atoms with Gasteiger partial charge in [-0.25, -0.2) is 4.98 Å². The lowest BCUT2D eigenvalue weighted by molar-refractivity contribution is -0.136. The molecule has 1 heterocycles. The lowest BCUT2D eigenvalue weighted by Crippen LogP contribution is -2.27. The Bertz CT molecular complexity index is 363. The second-order valence-corrected chi connectivity index (χ2v) is 5.28. The predicted molar refractivity (Wildman–Crippen MR) is 70.8 cm³/mol. The summed E-state index contributed by atoms with van der Waals surface area (Å²) in [6.07, 6.45) is 0.671. The van der Waals surface area contributed by atoms with Gasteiger partial charge in [0.1, 0.15) is 0 Å². The van der Waals surface area contributed by atoms with E-state index >= 15 is 0 Å². The Kier molecular flexibility index (Phi) is 5.41. The van der Waals surface area contributed by atoms with E-state index in [4.69, 9.17) is 5.11 Å². The number of nitrogens with zero attached hydrogens (tertiary/aromatic N) is 2. The number of thiazole rings is 1. The molecular weight excluding hydrogens is 236 g/mol. The zero-order chi connectivity index (χ0) is 12.8. The van der Waals surface area contributed by atoms with Crippen LogP contribution in [0.3, 0.4) is 0 Å². The van der Waals surface area contributed by atoms with Crippen LogP contribution in [0.1, 0.15) is 32.9 Å². The van der Waals surface area contributed by atoms with E-state index in [1.807, 2.05) is 5.38 Å². The van der Waals surface area contributed by atoms with Gasteiger partial charge < -0.3 is 10.0 Å². The van der Waals surface area contributed by atoms with E-state index in [9.17, 15) is 4.79 Å². The predicted octanol–water partition coefficient (Wildman–Crippen LogP) is 2.64. The van der Waals surface area contributed by atoms with Crippen LogP contribution in [0.4, 0.5) is 5.13 Å². The van der Waals surface area contributed by atoms with Crippen molar-refractivity contribution in [3.05, 3.63) is 11.1 Å². The number of anilines is 1. The first-order chi connectivity index (χ1) is 8.02. The van der Waals surface area contributed by atoms with Gasteiger partial charge in [0, 0.05) is 24.9 Å². The van der Waals surface area contributed by atoms with Crippen LogP contribution in [0.2, 0.25) is 0 Å². The number of hydrogen-bond donors (Lipinski definition) is 1. The van der Waals surface area contributed by atoms with Crippen molar-refractivity contribution in [1.82, 2.24) is 4.98 Å². The maximum Gasteiger partial charge on any atom is 0.303 e. The molecule has 0 aliphatic heterocycles. The van der Waals surface area contributed by atoms with Gasteiger partial charge in [0.05, 0.1) is 12.1 Å². The standard InChI is InChI=1S/C12H20N2O2S/c1-4-14(7-9(2)3)12-13-10(8-17-12)5-6-11(15)16/h8-9H,4-7H2,1-3H3,(H,15,16). The topological polar surface area (TPSA) is 53.4 Å². The molecular formula is C12H20N2O2S. The van der Waals surface area contributed by atoms with Crippen molar-refractivity contribution >= 4 is 22.4 Å². The van der Waals surface area contributed by atoms with E-state index in [1.165, 1.54) is 0 Å². The van der Waals surface area contributed by atoms with Gasteiger partial charge in [0.2, 0.25) is 0 Å². The van der Waals surface area contributed by atoms with Crippen LogP contribution >= 0.6 is 11.3 Å². The molecule has 0 atom stereocenters. The average Bonchev–Trinajstić information content (AvgIpc) is 2.71. The average molecular weight is 256 g/mol. The highest BCUT2D eigenvalue weighted by Crippen LogP contribution is 2.22. The molecule has 0 aliphatic rings. The number of carboxylic acid groups (broad SMARTS) is 1. The van der Waals surface area contributed by atoms with Gasteiger partial charge in [0.15, 0.2) is 5.13 Å². The molecule has 1 aromatic rings. The summed E-state index contributed by atoms with van der Waals surface area (Å²) >= 11 is 1.60. The van der Waals surface area contributed by atoms with Crippen LogP contribution in [0.5, 0.6) is 0 Å². The summed E-state index contributed by atoms with van der Waals surface area (Å²) in [4.78, 5) is 17.2. The Hall–Kier alpha value is -1.10. The summed E-state index contributed by atoms with van der Waals surface area (Å²) in [5.41, 5.74) is 0.884. The first kappa shape index (κ1) is 14.0. The van der Waals surface area contributed by atoms with Crippen LogP contribution in [0.25, 0.3) is 0 Å². The number of carbonyl (C=O) groups is 1. The van der Waals surface area contributed by atoms with Gasteiger partial charge in [-0.15, -0.1) is 11.3 Å². The third-order valence-electron chi connectivity index (χ3n) is 2.37. The molecule has 5 heteroatoms. The second kappa shape index (κ2) is 6.59. The van der Waals surface area contributed by atoms with Crippen LogP contribution in [-0.4, -0.2) is 29.1 Å². The molecule has 0 fully saturated rings. The zero-order valence-electron chi connectivity index (χ0n) is 10.6. The van der Waals surface area contributed by atoms with E-state index < -0.39 is 5.97 Å². The summed E-state index contributed by atoms with van der Waals surface area (Å²) in [5, 5.41) is 11.6. The normalized spacial score (nSPS) is 10.8. The fourth-order valence-corrected chi connectivity index (χ4v) is 2.51. The summed E-state index contributed by atoms with van der Waals surface area (Å²) in [7, 11) is 0. The summed E-state index contributed by atoms with van der Waals surface area (Å²) in [6.45, 7) is 8.40. The maximum absolute atomic E-state index is 10.5. The molecule has 0 aliphatic carbocycles. The van der Waals surface area contributed by atoms with E-state index in [2.05, 4.69) is 30.7 Å². The SMILES string of the molecule is CCN(CC(C)C)c1nc(CCC(=O)O)cs1. The van der Waals surface area contributed by atoms with Crippen molar-refractivity contribution in [3.63, 3.8) is 0 Å². The minimum atomic E-state index is -0.769. The first-order valence-corrected chi connectivity index (χ1v) is 6.82. The largest absolute Gasteiger partial charge is 0.481 e. The molecule has 0 amide bonds. The highest BCUT2D eigenvalue weighted by Gasteiger charge is 2.11. The Labute approximate surface area is 106 Å². The van der Waals surface area contributed by atoms with Gasteiger partial charge in [-0.05, 0) is 12.8 Å². The van der Waals surface area contributed by atoms with Crippen molar-refractivity contribution in [3.8, 4) is 0 Å². The van der Waals surface area contributed by atoms with Crippen molar-refractivity contribution in [1.29, 1.82) is 0 Å². The summed E-state index contributed by atoms with van der Waals surface area (Å²) in [6, 6.07) is 0. The number of rotatable bonds is 7. The minimum Gasteiger partial charge on any atom is -0.481 e. The highest BCUT2D eigenvalue weighted by molar-refractivity contribution is 7.13. The molecule has 96 valence electrons. The van der Waals surface area contributed by atoms with Crippen molar-refractivity contribution in [2.45, 2.75) is 33.6 Å². The van der Waals surface area contributed by atoms with Crippen LogP contribution in [-0.2, 0) is 11.2 Å². The molecule has 17 heavy (non-hydrogen) atoms. The van der Waals surface area contributed by atoms with Gasteiger partial charge in [-0.3, -0.25) is 4.79 Å². The zero-order valence-corrected chi connectivity index (χ0v) is 11.5. The fraction of sp³-hybridized carbons (Fsp3) is 0.667. The van der Waals surface area contributed by atoms with Crippen molar-refractivity contribution in [2.24, 2.45) is 5.92 Å². The number of aromatic nitrogens is 1. The summed E-state index contributed by atoms with van der Waals surface area (Å²) in [5.74, 6) is -0.171. The van der Waals surface area contributed by atoms with Crippen LogP contribution in [0, 0.1) is 5.92 Å². The number of hydrogen-bond acceptors (Lipinski definition) is 4. The van der Waals surface area contributed by atoms with E-state index in [1.54, 1.807) is 11.3 Å². The molecule has 0 saturated carbocycles. The molecule has 0 bridgehead atoms. The Morgan fingerprint density at radius 2 is 2.29 bits per heavy atom. The molecule has 1 N–H and O–H groups in total. The number of aryl methyl sites for hydroxylation is 1.